The molecule has 2 saturated heterocycles. The highest BCUT2D eigenvalue weighted by Gasteiger charge is 2.40. The highest BCUT2D eigenvalue weighted by Crippen LogP contribution is 2.36. The van der Waals surface area contributed by atoms with Crippen molar-refractivity contribution in [3.63, 3.8) is 0 Å². The second kappa shape index (κ2) is 10.7. The van der Waals surface area contributed by atoms with Crippen molar-refractivity contribution < 1.29 is 9.21 Å². The Balaban J connectivity index is 1.35. The van der Waals surface area contributed by atoms with Gasteiger partial charge < -0.3 is 20.0 Å². The second-order valence-electron chi connectivity index (χ2n) is 9.06. The lowest BCUT2D eigenvalue weighted by molar-refractivity contribution is -0.127. The van der Waals surface area contributed by atoms with Crippen LogP contribution in [0.15, 0.2) is 58.1 Å². The third-order valence-electron chi connectivity index (χ3n) is 6.55. The van der Waals surface area contributed by atoms with Crippen molar-refractivity contribution in [1.29, 1.82) is 0 Å². The van der Waals surface area contributed by atoms with Crippen molar-refractivity contribution in [3.05, 3.63) is 60.1 Å². The molecule has 1 aromatic carbocycles. The molecule has 0 aliphatic carbocycles. The highest BCUT2D eigenvalue weighted by molar-refractivity contribution is 5.85. The summed E-state index contributed by atoms with van der Waals surface area (Å²) in [4.78, 5) is 20.9. The number of aliphatic imine (C=N–C) groups is 1. The summed E-state index contributed by atoms with van der Waals surface area (Å²) >= 11 is 0. The number of nitrogens with one attached hydrogen (secondary N) is 2. The van der Waals surface area contributed by atoms with E-state index in [1.165, 1.54) is 18.4 Å². The summed E-state index contributed by atoms with van der Waals surface area (Å²) in [6.07, 6.45) is 7.18. The first-order valence-electron chi connectivity index (χ1n) is 11.7. The van der Waals surface area contributed by atoms with E-state index in [9.17, 15) is 4.79 Å². The average molecular weight is 438 g/mol. The van der Waals surface area contributed by atoms with Gasteiger partial charge in [-0.05, 0) is 43.4 Å². The largest absolute Gasteiger partial charge is 0.469 e. The summed E-state index contributed by atoms with van der Waals surface area (Å²) in [5, 5.41) is 7.02. The molecular formula is C25H35N5O2. The third kappa shape index (κ3) is 5.91. The molecule has 2 aliphatic rings. The lowest BCUT2D eigenvalue weighted by atomic mass is 9.96. The monoisotopic (exact) mass is 437 g/mol. The number of carbonyl (C=O) groups excluding carboxylic acids is 1. The van der Waals surface area contributed by atoms with Gasteiger partial charge in [-0.15, -0.1) is 0 Å². The van der Waals surface area contributed by atoms with Crippen LogP contribution in [0, 0.1) is 0 Å². The van der Waals surface area contributed by atoms with Crippen LogP contribution in [0.5, 0.6) is 0 Å². The molecule has 2 bridgehead atoms. The lowest BCUT2D eigenvalue weighted by Gasteiger charge is -2.39. The fourth-order valence-corrected chi connectivity index (χ4v) is 4.84. The summed E-state index contributed by atoms with van der Waals surface area (Å²) in [5.41, 5.74) is 1.39. The molecule has 4 rings (SSSR count). The molecule has 172 valence electrons. The summed E-state index contributed by atoms with van der Waals surface area (Å²) in [7, 11) is 3.52. The summed E-state index contributed by atoms with van der Waals surface area (Å²) in [5.74, 6) is 1.65. The zero-order valence-corrected chi connectivity index (χ0v) is 19.2. The van der Waals surface area contributed by atoms with Crippen LogP contribution in [0.25, 0.3) is 0 Å². The molecule has 3 heterocycles. The number of furan rings is 1. The van der Waals surface area contributed by atoms with Gasteiger partial charge in [0.15, 0.2) is 5.96 Å². The first kappa shape index (κ1) is 22.4. The van der Waals surface area contributed by atoms with Crippen molar-refractivity contribution in [2.45, 2.75) is 56.8 Å². The maximum Gasteiger partial charge on any atom is 0.243 e. The fourth-order valence-electron chi connectivity index (χ4n) is 4.84. The smallest absolute Gasteiger partial charge is 0.243 e. The highest BCUT2D eigenvalue weighted by atomic mass is 16.3. The Hall–Kier alpha value is -2.80. The van der Waals surface area contributed by atoms with Gasteiger partial charge in [0, 0.05) is 51.7 Å². The minimum absolute atomic E-state index is 0.00474. The number of guanidine groups is 1. The number of amides is 1. The van der Waals surface area contributed by atoms with Gasteiger partial charge >= 0.3 is 0 Å². The number of likely N-dealkylation sites (N-methyl/N-ethyl adjacent to an activating group) is 1. The van der Waals surface area contributed by atoms with E-state index in [1.54, 1.807) is 25.3 Å². The zero-order chi connectivity index (χ0) is 22.3. The molecule has 2 unspecified atom stereocenters. The maximum atomic E-state index is 12.1. The molecule has 7 heteroatoms. The van der Waals surface area contributed by atoms with Crippen molar-refractivity contribution in [3.8, 4) is 0 Å². The number of benzene rings is 1. The number of nitrogens with zero attached hydrogens (tertiary/aromatic N) is 3. The molecule has 2 atom stereocenters. The minimum atomic E-state index is -0.00474. The maximum absolute atomic E-state index is 12.1. The van der Waals surface area contributed by atoms with Crippen LogP contribution in [0.3, 0.4) is 0 Å². The van der Waals surface area contributed by atoms with E-state index in [4.69, 9.17) is 4.42 Å². The molecule has 2 aliphatic heterocycles. The molecular weight excluding hydrogens is 402 g/mol. The van der Waals surface area contributed by atoms with Gasteiger partial charge in [-0.2, -0.15) is 0 Å². The van der Waals surface area contributed by atoms with Crippen LogP contribution in [-0.4, -0.2) is 67.0 Å². The first-order chi connectivity index (χ1) is 15.6. The van der Waals surface area contributed by atoms with E-state index < -0.39 is 0 Å². The molecule has 0 saturated carbocycles. The Labute approximate surface area is 190 Å². The van der Waals surface area contributed by atoms with Crippen LogP contribution >= 0.6 is 0 Å². The molecule has 2 fully saturated rings. The minimum Gasteiger partial charge on any atom is -0.469 e. The average Bonchev–Trinajstić information content (AvgIpc) is 3.38. The van der Waals surface area contributed by atoms with Crippen LogP contribution in [0.4, 0.5) is 0 Å². The topological polar surface area (TPSA) is 73.1 Å². The Morgan fingerprint density at radius 3 is 2.53 bits per heavy atom. The standard InChI is InChI=1S/C25H35N5O2/c1-29(2)24(31)17-27-25(26-13-12-23-9-6-14-32-23)28-20-15-21-10-11-22(16-20)30(21)18-19-7-4-3-5-8-19/h3-9,14,20-22H,10-13,15-18H2,1-2H3,(H2,26,27,28). The van der Waals surface area contributed by atoms with Gasteiger partial charge in [0.05, 0.1) is 6.26 Å². The van der Waals surface area contributed by atoms with Gasteiger partial charge in [0.2, 0.25) is 5.91 Å². The van der Waals surface area contributed by atoms with Gasteiger partial charge in [-0.3, -0.25) is 9.69 Å². The SMILES string of the molecule is CN(C)C(=O)CN=C(NCCc1ccco1)NC1CC2CCC(C1)N2Cc1ccccc1. The van der Waals surface area contributed by atoms with E-state index >= 15 is 0 Å². The molecule has 1 aromatic heterocycles. The van der Waals surface area contributed by atoms with Gasteiger partial charge in [0.25, 0.3) is 0 Å². The number of rotatable bonds is 8. The van der Waals surface area contributed by atoms with E-state index in [-0.39, 0.29) is 12.5 Å². The van der Waals surface area contributed by atoms with Crippen LogP contribution in [0.2, 0.25) is 0 Å². The van der Waals surface area contributed by atoms with Crippen molar-refractivity contribution in [1.82, 2.24) is 20.4 Å². The predicted octanol–water partition coefficient (Wildman–Crippen LogP) is 2.64. The van der Waals surface area contributed by atoms with Gasteiger partial charge in [0.1, 0.15) is 12.3 Å². The molecule has 0 spiro atoms. The van der Waals surface area contributed by atoms with Crippen LogP contribution in [0.1, 0.15) is 37.0 Å². The Kier molecular flexibility index (Phi) is 7.47. The number of hydrogen-bond donors (Lipinski definition) is 2. The Morgan fingerprint density at radius 1 is 1.12 bits per heavy atom. The van der Waals surface area contributed by atoms with Crippen molar-refractivity contribution in [2.75, 3.05) is 27.2 Å². The lowest BCUT2D eigenvalue weighted by Crippen LogP contribution is -2.52. The van der Waals surface area contributed by atoms with E-state index in [2.05, 4.69) is 50.9 Å². The number of hydrogen-bond acceptors (Lipinski definition) is 4. The summed E-state index contributed by atoms with van der Waals surface area (Å²) < 4.78 is 5.43. The Morgan fingerprint density at radius 2 is 1.88 bits per heavy atom. The van der Waals surface area contributed by atoms with Crippen LogP contribution in [-0.2, 0) is 17.8 Å². The zero-order valence-electron chi connectivity index (χ0n) is 19.2. The molecule has 2 N–H and O–H groups in total. The first-order valence-corrected chi connectivity index (χ1v) is 11.7. The molecule has 0 radical (unpaired) electrons. The Bertz CT molecular complexity index is 867. The van der Waals surface area contributed by atoms with E-state index in [1.807, 2.05) is 12.1 Å². The van der Waals surface area contributed by atoms with Crippen molar-refractivity contribution in [2.24, 2.45) is 4.99 Å². The van der Waals surface area contributed by atoms with Gasteiger partial charge in [-0.25, -0.2) is 4.99 Å². The predicted molar refractivity (Wildman–Crippen MR) is 126 cm³/mol. The van der Waals surface area contributed by atoms with Crippen LogP contribution < -0.4 is 10.6 Å². The normalized spacial score (nSPS) is 23.2. The fraction of sp³-hybridized carbons (Fsp3) is 0.520. The van der Waals surface area contributed by atoms with Crippen molar-refractivity contribution >= 4 is 11.9 Å². The molecule has 7 nitrogen and oxygen atoms in total. The quantitative estimate of drug-likeness (QED) is 0.491. The van der Waals surface area contributed by atoms with E-state index in [0.29, 0.717) is 30.6 Å². The van der Waals surface area contributed by atoms with E-state index in [0.717, 1.165) is 31.6 Å². The third-order valence-corrected chi connectivity index (χ3v) is 6.55. The molecule has 2 aromatic rings. The molecule has 1 amide bonds. The second-order valence-corrected chi connectivity index (χ2v) is 9.06. The molecule has 32 heavy (non-hydrogen) atoms. The van der Waals surface area contributed by atoms with Gasteiger partial charge in [-0.1, -0.05) is 30.3 Å². The number of carbonyl (C=O) groups is 1. The number of fused-ring (bicyclic) bond motifs is 2. The summed E-state index contributed by atoms with van der Waals surface area (Å²) in [6.45, 7) is 1.88. The summed E-state index contributed by atoms with van der Waals surface area (Å²) in [6, 6.07) is 16.2. The number of piperidine rings is 1.